The molecule has 3 rings (SSSR count). The number of halogens is 1. The van der Waals surface area contributed by atoms with Gasteiger partial charge in [-0.2, -0.15) is 0 Å². The van der Waals surface area contributed by atoms with Gasteiger partial charge in [-0.05, 0) is 30.2 Å². The third-order valence-corrected chi connectivity index (χ3v) is 3.67. The fourth-order valence-electron chi connectivity index (χ4n) is 2.54. The summed E-state index contributed by atoms with van der Waals surface area (Å²) in [7, 11) is 0. The molecular formula is C18H15FN2O2. The van der Waals surface area contributed by atoms with Gasteiger partial charge in [-0.15, -0.1) is 0 Å². The van der Waals surface area contributed by atoms with Crippen molar-refractivity contribution in [1.29, 1.82) is 0 Å². The van der Waals surface area contributed by atoms with Gasteiger partial charge in [0.1, 0.15) is 5.82 Å². The smallest absolute Gasteiger partial charge is 0.243 e. The molecule has 5 heteroatoms. The Labute approximate surface area is 132 Å². The molecule has 1 amide bonds. The number of fused-ring (bicyclic) bond motifs is 1. The Hall–Kier alpha value is -2.79. The van der Waals surface area contributed by atoms with E-state index in [-0.39, 0.29) is 12.2 Å². The Kier molecular flexibility index (Phi) is 4.30. The minimum atomic E-state index is -0.460. The standard InChI is InChI=1S/C18H15FN2O2/c19-14-7-8-15-13(6-9-18(22)21-23)10-16(20-17(15)11-14)12-4-2-1-3-5-12/h1-5,7-8,10-11,23H,6,9H2,(H,21,22). The topological polar surface area (TPSA) is 62.2 Å². The Morgan fingerprint density at radius 2 is 1.91 bits per heavy atom. The number of amides is 1. The molecule has 0 atom stereocenters. The highest BCUT2D eigenvalue weighted by atomic mass is 19.1. The number of hydroxylamine groups is 1. The van der Waals surface area contributed by atoms with Gasteiger partial charge in [0.15, 0.2) is 0 Å². The molecule has 0 fully saturated rings. The second-order valence-electron chi connectivity index (χ2n) is 5.23. The second kappa shape index (κ2) is 6.54. The molecule has 3 aromatic rings. The van der Waals surface area contributed by atoms with Crippen LogP contribution in [0.5, 0.6) is 0 Å². The SMILES string of the molecule is O=C(CCc1cc(-c2ccccc2)nc2cc(F)ccc12)NO. The lowest BCUT2D eigenvalue weighted by Gasteiger charge is -2.10. The van der Waals surface area contributed by atoms with Crippen molar-refractivity contribution >= 4 is 16.8 Å². The Balaban J connectivity index is 2.10. The highest BCUT2D eigenvalue weighted by Gasteiger charge is 2.10. The zero-order valence-corrected chi connectivity index (χ0v) is 12.3. The molecule has 0 radical (unpaired) electrons. The summed E-state index contributed by atoms with van der Waals surface area (Å²) in [5.41, 5.74) is 4.71. The molecule has 0 bridgehead atoms. The number of aryl methyl sites for hydroxylation is 1. The molecule has 2 aromatic carbocycles. The van der Waals surface area contributed by atoms with Crippen LogP contribution in [-0.2, 0) is 11.2 Å². The predicted octanol–water partition coefficient (Wildman–Crippen LogP) is 3.48. The highest BCUT2D eigenvalue weighted by Crippen LogP contribution is 2.26. The number of nitrogens with one attached hydrogen (secondary N) is 1. The molecule has 0 saturated heterocycles. The first-order valence-corrected chi connectivity index (χ1v) is 7.25. The van der Waals surface area contributed by atoms with Crippen molar-refractivity contribution in [2.45, 2.75) is 12.8 Å². The molecule has 0 aliphatic heterocycles. The lowest BCUT2D eigenvalue weighted by atomic mass is 10.0. The quantitative estimate of drug-likeness (QED) is 0.573. The van der Waals surface area contributed by atoms with Crippen LogP contribution in [0.25, 0.3) is 22.2 Å². The minimum Gasteiger partial charge on any atom is -0.289 e. The molecule has 1 aromatic heterocycles. The van der Waals surface area contributed by atoms with Crippen LogP contribution in [0, 0.1) is 5.82 Å². The summed E-state index contributed by atoms with van der Waals surface area (Å²) in [6, 6.07) is 15.9. The molecule has 0 saturated carbocycles. The van der Waals surface area contributed by atoms with Crippen LogP contribution >= 0.6 is 0 Å². The van der Waals surface area contributed by atoms with E-state index in [0.29, 0.717) is 11.9 Å². The van der Waals surface area contributed by atoms with Crippen LogP contribution < -0.4 is 5.48 Å². The van der Waals surface area contributed by atoms with E-state index in [1.807, 2.05) is 36.4 Å². The third-order valence-electron chi connectivity index (χ3n) is 3.67. The Morgan fingerprint density at radius 3 is 2.65 bits per heavy atom. The highest BCUT2D eigenvalue weighted by molar-refractivity contribution is 5.86. The maximum Gasteiger partial charge on any atom is 0.243 e. The number of aromatic nitrogens is 1. The van der Waals surface area contributed by atoms with Gasteiger partial charge < -0.3 is 0 Å². The van der Waals surface area contributed by atoms with Crippen molar-refractivity contribution < 1.29 is 14.4 Å². The van der Waals surface area contributed by atoms with Crippen LogP contribution in [0.1, 0.15) is 12.0 Å². The molecule has 0 unspecified atom stereocenters. The first-order chi connectivity index (χ1) is 11.2. The van der Waals surface area contributed by atoms with Crippen LogP contribution in [0.2, 0.25) is 0 Å². The van der Waals surface area contributed by atoms with Crippen molar-refractivity contribution in [3.63, 3.8) is 0 Å². The van der Waals surface area contributed by atoms with E-state index < -0.39 is 5.91 Å². The van der Waals surface area contributed by atoms with Gasteiger partial charge in [0.05, 0.1) is 11.2 Å². The Bertz CT molecular complexity index is 850. The maximum atomic E-state index is 13.5. The molecule has 23 heavy (non-hydrogen) atoms. The monoisotopic (exact) mass is 310 g/mol. The van der Waals surface area contributed by atoms with E-state index in [0.717, 1.165) is 22.2 Å². The van der Waals surface area contributed by atoms with Crippen LogP contribution in [0.15, 0.2) is 54.6 Å². The normalized spacial score (nSPS) is 10.7. The molecule has 116 valence electrons. The van der Waals surface area contributed by atoms with Crippen molar-refractivity contribution in [2.75, 3.05) is 0 Å². The predicted molar refractivity (Wildman–Crippen MR) is 85.4 cm³/mol. The van der Waals surface area contributed by atoms with Gasteiger partial charge in [0.2, 0.25) is 5.91 Å². The maximum absolute atomic E-state index is 13.5. The molecule has 4 nitrogen and oxygen atoms in total. The molecule has 0 aliphatic carbocycles. The molecule has 0 aliphatic rings. The lowest BCUT2D eigenvalue weighted by molar-refractivity contribution is -0.129. The van der Waals surface area contributed by atoms with Crippen molar-refractivity contribution in [3.05, 3.63) is 66.0 Å². The minimum absolute atomic E-state index is 0.140. The number of hydrogen-bond acceptors (Lipinski definition) is 3. The number of pyridine rings is 1. The number of benzene rings is 2. The summed E-state index contributed by atoms with van der Waals surface area (Å²) in [6.07, 6.45) is 0.568. The zero-order valence-electron chi connectivity index (χ0n) is 12.3. The van der Waals surface area contributed by atoms with Crippen LogP contribution in [-0.4, -0.2) is 16.1 Å². The number of carbonyl (C=O) groups is 1. The van der Waals surface area contributed by atoms with E-state index >= 15 is 0 Å². The molecular weight excluding hydrogens is 295 g/mol. The first kappa shape index (κ1) is 15.1. The lowest BCUT2D eigenvalue weighted by Crippen LogP contribution is -2.18. The second-order valence-corrected chi connectivity index (χ2v) is 5.23. The largest absolute Gasteiger partial charge is 0.289 e. The van der Waals surface area contributed by atoms with Gasteiger partial charge in [-0.1, -0.05) is 30.3 Å². The zero-order chi connectivity index (χ0) is 16.2. The van der Waals surface area contributed by atoms with Crippen molar-refractivity contribution in [3.8, 4) is 11.3 Å². The van der Waals surface area contributed by atoms with Crippen molar-refractivity contribution in [1.82, 2.24) is 10.5 Å². The number of carbonyl (C=O) groups excluding carboxylic acids is 1. The van der Waals surface area contributed by atoms with Crippen LogP contribution in [0.4, 0.5) is 4.39 Å². The van der Waals surface area contributed by atoms with E-state index in [4.69, 9.17) is 5.21 Å². The molecule has 0 spiro atoms. The summed E-state index contributed by atoms with van der Waals surface area (Å²) in [5, 5.41) is 9.44. The molecule has 1 heterocycles. The first-order valence-electron chi connectivity index (χ1n) is 7.25. The summed E-state index contributed by atoms with van der Waals surface area (Å²) >= 11 is 0. The average molecular weight is 310 g/mol. The molecule has 2 N–H and O–H groups in total. The van der Waals surface area contributed by atoms with Gasteiger partial charge in [-0.3, -0.25) is 10.0 Å². The summed E-state index contributed by atoms with van der Waals surface area (Å²) < 4.78 is 13.5. The summed E-state index contributed by atoms with van der Waals surface area (Å²) in [5.74, 6) is -0.812. The fraction of sp³-hybridized carbons (Fsp3) is 0.111. The van der Waals surface area contributed by atoms with E-state index in [1.165, 1.54) is 12.1 Å². The Morgan fingerprint density at radius 1 is 1.13 bits per heavy atom. The van der Waals surface area contributed by atoms with E-state index in [2.05, 4.69) is 4.98 Å². The number of nitrogens with zero attached hydrogens (tertiary/aromatic N) is 1. The average Bonchev–Trinajstić information content (AvgIpc) is 2.59. The van der Waals surface area contributed by atoms with Crippen LogP contribution in [0.3, 0.4) is 0 Å². The summed E-state index contributed by atoms with van der Waals surface area (Å²) in [4.78, 5) is 15.8. The van der Waals surface area contributed by atoms with Crippen molar-refractivity contribution in [2.24, 2.45) is 0 Å². The van der Waals surface area contributed by atoms with E-state index in [9.17, 15) is 9.18 Å². The van der Waals surface area contributed by atoms with Gasteiger partial charge in [0, 0.05) is 23.4 Å². The van der Waals surface area contributed by atoms with Gasteiger partial charge in [0.25, 0.3) is 0 Å². The fourth-order valence-corrected chi connectivity index (χ4v) is 2.54. The number of hydrogen-bond donors (Lipinski definition) is 2. The van der Waals surface area contributed by atoms with E-state index in [1.54, 1.807) is 11.5 Å². The third kappa shape index (κ3) is 3.35. The van der Waals surface area contributed by atoms with Gasteiger partial charge >= 0.3 is 0 Å². The number of rotatable bonds is 4. The summed E-state index contributed by atoms with van der Waals surface area (Å²) in [6.45, 7) is 0. The van der Waals surface area contributed by atoms with Gasteiger partial charge in [-0.25, -0.2) is 14.9 Å².